The van der Waals surface area contributed by atoms with Crippen LogP contribution in [0, 0.1) is 5.82 Å². The Bertz CT molecular complexity index is 988. The number of sulfone groups is 1. The maximum Gasteiger partial charge on any atom is 0.341 e. The molecule has 0 spiro atoms. The van der Waals surface area contributed by atoms with Crippen molar-refractivity contribution in [2.45, 2.75) is 6.04 Å². The minimum atomic E-state index is -3.39. The summed E-state index contributed by atoms with van der Waals surface area (Å²) in [5, 5.41) is 1.06. The molecule has 2 aromatic carbocycles. The number of carbonyl (C=O) groups excluding carboxylic acids is 2. The van der Waals surface area contributed by atoms with Gasteiger partial charge in [0, 0.05) is 11.1 Å². The lowest BCUT2D eigenvalue weighted by atomic mass is 10.2. The molecule has 140 valence electrons. The summed E-state index contributed by atoms with van der Waals surface area (Å²) in [7, 11) is -3.39. The zero-order valence-corrected chi connectivity index (χ0v) is 14.9. The number of amides is 1. The molecule has 0 bridgehead atoms. The van der Waals surface area contributed by atoms with Gasteiger partial charge in [-0.25, -0.2) is 17.6 Å². The quantitative estimate of drug-likeness (QED) is 0.733. The molecular weight excluding hydrogens is 373 g/mol. The Balaban J connectivity index is 1.77. The van der Waals surface area contributed by atoms with Crippen LogP contribution in [-0.2, 0) is 19.4 Å². The van der Waals surface area contributed by atoms with E-state index in [2.05, 4.69) is 0 Å². The predicted molar refractivity (Wildman–Crippen MR) is 97.3 cm³/mol. The normalized spacial score (nSPS) is 17.4. The van der Waals surface area contributed by atoms with Crippen LogP contribution >= 0.6 is 0 Å². The fourth-order valence-electron chi connectivity index (χ4n) is 2.73. The highest BCUT2D eigenvalue weighted by Crippen LogP contribution is 2.23. The minimum absolute atomic E-state index is 0.255. The number of ether oxygens (including phenoxy) is 1. The largest absolute Gasteiger partial charge is 0.452 e. The van der Waals surface area contributed by atoms with Gasteiger partial charge in [0.25, 0.3) is 5.91 Å². The highest BCUT2D eigenvalue weighted by Gasteiger charge is 2.32. The number of halogens is 1. The van der Waals surface area contributed by atoms with Gasteiger partial charge in [0.1, 0.15) is 5.82 Å². The average Bonchev–Trinajstić information content (AvgIpc) is 3.00. The number of carbonyl (C=O) groups is 2. The number of hydrogen-bond donors (Lipinski definition) is 0. The molecule has 1 amide bonds. The fraction of sp³-hybridized carbons (Fsp3) is 0.158. The molecule has 1 atom stereocenters. The van der Waals surface area contributed by atoms with Crippen molar-refractivity contribution in [3.63, 3.8) is 0 Å². The Kier molecular flexibility index (Phi) is 5.36. The first-order valence-electron chi connectivity index (χ1n) is 8.07. The second-order valence-electron chi connectivity index (χ2n) is 5.88. The summed E-state index contributed by atoms with van der Waals surface area (Å²) in [6.07, 6.45) is 1.42. The molecular formula is C19H16FNO5S. The molecule has 3 rings (SSSR count). The van der Waals surface area contributed by atoms with E-state index in [0.717, 1.165) is 11.5 Å². The molecule has 1 heterocycles. The van der Waals surface area contributed by atoms with Gasteiger partial charge in [0.15, 0.2) is 16.4 Å². The minimum Gasteiger partial charge on any atom is -0.452 e. The van der Waals surface area contributed by atoms with Gasteiger partial charge in [-0.3, -0.25) is 4.79 Å². The summed E-state index contributed by atoms with van der Waals surface area (Å²) in [5.41, 5.74) is 0.191. The highest BCUT2D eigenvalue weighted by atomic mass is 32.2. The number of para-hydroxylation sites is 1. The van der Waals surface area contributed by atoms with Crippen molar-refractivity contribution in [1.29, 1.82) is 0 Å². The van der Waals surface area contributed by atoms with E-state index in [4.69, 9.17) is 4.74 Å². The average molecular weight is 389 g/mol. The number of nitrogens with zero attached hydrogens (tertiary/aromatic N) is 1. The monoisotopic (exact) mass is 389 g/mol. The zero-order chi connectivity index (χ0) is 19.4. The number of rotatable bonds is 5. The van der Waals surface area contributed by atoms with Crippen LogP contribution < -0.4 is 4.90 Å². The molecule has 0 N–H and O–H groups in total. The molecule has 0 saturated carbocycles. The standard InChI is InChI=1S/C19H16FNO5S/c20-17-9-5-4-8-16(17)19(23)26-12-18(22)21(14-6-2-1-3-7-14)15-10-11-27(24,25)13-15/h1-11,15H,12-13H2/t15-/m1/s1. The summed E-state index contributed by atoms with van der Waals surface area (Å²) in [4.78, 5) is 26.0. The zero-order valence-electron chi connectivity index (χ0n) is 14.1. The van der Waals surface area contributed by atoms with E-state index in [1.165, 1.54) is 29.2 Å². The summed E-state index contributed by atoms with van der Waals surface area (Å²) < 4.78 is 42.1. The third-order valence-electron chi connectivity index (χ3n) is 3.97. The first kappa shape index (κ1) is 18.8. The van der Waals surface area contributed by atoms with Gasteiger partial charge in [-0.2, -0.15) is 0 Å². The lowest BCUT2D eigenvalue weighted by molar-refractivity contribution is -0.121. The van der Waals surface area contributed by atoms with Gasteiger partial charge in [0.2, 0.25) is 0 Å². The van der Waals surface area contributed by atoms with E-state index >= 15 is 0 Å². The molecule has 0 radical (unpaired) electrons. The maximum atomic E-state index is 13.6. The third kappa shape index (κ3) is 4.40. The molecule has 0 aliphatic carbocycles. The molecule has 6 nitrogen and oxygen atoms in total. The van der Waals surface area contributed by atoms with E-state index in [9.17, 15) is 22.4 Å². The smallest absolute Gasteiger partial charge is 0.341 e. The van der Waals surface area contributed by atoms with Crippen LogP contribution in [-0.4, -0.2) is 38.7 Å². The van der Waals surface area contributed by atoms with Crippen molar-refractivity contribution in [2.75, 3.05) is 17.3 Å². The predicted octanol–water partition coefficient (Wildman–Crippen LogP) is 2.33. The molecule has 27 heavy (non-hydrogen) atoms. The molecule has 1 aliphatic heterocycles. The van der Waals surface area contributed by atoms with Crippen molar-refractivity contribution in [1.82, 2.24) is 0 Å². The lowest BCUT2D eigenvalue weighted by Gasteiger charge is -2.27. The van der Waals surface area contributed by atoms with Crippen LogP contribution in [0.1, 0.15) is 10.4 Å². The lowest BCUT2D eigenvalue weighted by Crippen LogP contribution is -2.43. The van der Waals surface area contributed by atoms with Crippen LogP contribution in [0.3, 0.4) is 0 Å². The van der Waals surface area contributed by atoms with Crippen LogP contribution in [0.15, 0.2) is 66.1 Å². The van der Waals surface area contributed by atoms with Gasteiger partial charge in [-0.05, 0) is 30.3 Å². The van der Waals surface area contributed by atoms with Crippen LogP contribution in [0.25, 0.3) is 0 Å². The molecule has 1 aliphatic rings. The second kappa shape index (κ2) is 7.71. The number of hydrogen-bond acceptors (Lipinski definition) is 5. The summed E-state index contributed by atoms with van der Waals surface area (Å²) in [6.45, 7) is -0.646. The third-order valence-corrected chi connectivity index (χ3v) is 5.34. The van der Waals surface area contributed by atoms with E-state index in [1.807, 2.05) is 0 Å². The Morgan fingerprint density at radius 1 is 1.07 bits per heavy atom. The SMILES string of the molecule is O=C(OCC(=O)N(c1ccccc1)[C@@H]1C=CS(=O)(=O)C1)c1ccccc1F. The van der Waals surface area contributed by atoms with Crippen LogP contribution in [0.4, 0.5) is 10.1 Å². The number of anilines is 1. The van der Waals surface area contributed by atoms with Crippen molar-refractivity contribution >= 4 is 27.4 Å². The van der Waals surface area contributed by atoms with Gasteiger partial charge in [-0.1, -0.05) is 30.3 Å². The molecule has 0 saturated heterocycles. The van der Waals surface area contributed by atoms with Crippen molar-refractivity contribution in [3.05, 3.63) is 77.5 Å². The van der Waals surface area contributed by atoms with Gasteiger partial charge >= 0.3 is 5.97 Å². The highest BCUT2D eigenvalue weighted by molar-refractivity contribution is 7.94. The van der Waals surface area contributed by atoms with E-state index < -0.39 is 40.2 Å². The van der Waals surface area contributed by atoms with E-state index in [1.54, 1.807) is 30.3 Å². The first-order chi connectivity index (χ1) is 12.9. The Hall–Kier alpha value is -3.00. The number of benzene rings is 2. The summed E-state index contributed by atoms with van der Waals surface area (Å²) >= 11 is 0. The van der Waals surface area contributed by atoms with Gasteiger partial charge in [0.05, 0.1) is 17.4 Å². The summed E-state index contributed by atoms with van der Waals surface area (Å²) in [5.74, 6) is -2.59. The summed E-state index contributed by atoms with van der Waals surface area (Å²) in [6, 6.07) is 13.0. The molecule has 8 heteroatoms. The Labute approximate surface area is 155 Å². The molecule has 0 fully saturated rings. The van der Waals surface area contributed by atoms with Crippen LogP contribution in [0.5, 0.6) is 0 Å². The molecule has 2 aromatic rings. The van der Waals surface area contributed by atoms with Crippen molar-refractivity contribution in [2.24, 2.45) is 0 Å². The maximum absolute atomic E-state index is 13.6. The van der Waals surface area contributed by atoms with Gasteiger partial charge < -0.3 is 9.64 Å². The first-order valence-corrected chi connectivity index (χ1v) is 9.79. The topological polar surface area (TPSA) is 80.8 Å². The fourth-order valence-corrected chi connectivity index (χ4v) is 4.00. The molecule has 0 aromatic heterocycles. The van der Waals surface area contributed by atoms with Crippen molar-refractivity contribution < 1.29 is 27.1 Å². The number of esters is 1. The van der Waals surface area contributed by atoms with Crippen molar-refractivity contribution in [3.8, 4) is 0 Å². The van der Waals surface area contributed by atoms with E-state index in [0.29, 0.717) is 5.69 Å². The van der Waals surface area contributed by atoms with E-state index in [-0.39, 0.29) is 11.3 Å². The van der Waals surface area contributed by atoms with Crippen LogP contribution in [0.2, 0.25) is 0 Å². The Morgan fingerprint density at radius 3 is 2.37 bits per heavy atom. The second-order valence-corrected chi connectivity index (χ2v) is 7.81. The van der Waals surface area contributed by atoms with Gasteiger partial charge in [-0.15, -0.1) is 0 Å². The Morgan fingerprint density at radius 2 is 1.74 bits per heavy atom. The molecule has 0 unspecified atom stereocenters.